The molecule has 3 nitrogen and oxygen atoms in total. The first kappa shape index (κ1) is 9.00. The lowest BCUT2D eigenvalue weighted by Crippen LogP contribution is -2.41. The summed E-state index contributed by atoms with van der Waals surface area (Å²) in [6.07, 6.45) is 4.46. The van der Waals surface area contributed by atoms with Crippen LogP contribution in [0.25, 0.3) is 0 Å². The molecule has 1 saturated heterocycles. The summed E-state index contributed by atoms with van der Waals surface area (Å²) in [5, 5.41) is 0. The minimum Gasteiger partial charge on any atom is -0.212 e. The smallest absolute Gasteiger partial charge is 0.211 e. The molecule has 0 amide bonds. The van der Waals surface area contributed by atoms with E-state index < -0.39 is 10.0 Å². The van der Waals surface area contributed by atoms with Crippen molar-refractivity contribution in [2.75, 3.05) is 12.8 Å². The van der Waals surface area contributed by atoms with Crippen LogP contribution in [0.2, 0.25) is 0 Å². The Kier molecular flexibility index (Phi) is 2.54. The number of hydrogen-bond donors (Lipinski definition) is 0. The van der Waals surface area contributed by atoms with Crippen LogP contribution in [0.15, 0.2) is 0 Å². The molecule has 0 aromatic rings. The topological polar surface area (TPSA) is 37.4 Å². The Balaban J connectivity index is 2.70. The Morgan fingerprint density at radius 3 is 2.36 bits per heavy atom. The summed E-state index contributed by atoms with van der Waals surface area (Å²) in [5.74, 6) is 0. The molecule has 66 valence electrons. The summed E-state index contributed by atoms with van der Waals surface area (Å²) in [4.78, 5) is 0. The van der Waals surface area contributed by atoms with Crippen LogP contribution in [0, 0.1) is 0 Å². The van der Waals surface area contributed by atoms with Gasteiger partial charge in [-0.25, -0.2) is 8.42 Å². The molecule has 0 aromatic carbocycles. The first-order chi connectivity index (χ1) is 5.02. The fraction of sp³-hybridized carbons (Fsp3) is 1.00. The molecule has 4 heteroatoms. The van der Waals surface area contributed by atoms with E-state index >= 15 is 0 Å². The van der Waals surface area contributed by atoms with E-state index in [1.807, 2.05) is 6.92 Å². The maximum Gasteiger partial charge on any atom is 0.211 e. The van der Waals surface area contributed by atoms with Crippen molar-refractivity contribution < 1.29 is 8.42 Å². The molecular formula is C7H15NO2S. The zero-order chi connectivity index (χ0) is 8.48. The summed E-state index contributed by atoms with van der Waals surface area (Å²) in [5.41, 5.74) is 0. The number of hydrogen-bond acceptors (Lipinski definition) is 2. The van der Waals surface area contributed by atoms with Gasteiger partial charge in [0.2, 0.25) is 10.0 Å². The second-order valence-corrected chi connectivity index (χ2v) is 5.15. The van der Waals surface area contributed by atoms with Gasteiger partial charge in [0, 0.05) is 12.6 Å². The predicted octanol–water partition coefficient (Wildman–Crippen LogP) is 0.820. The van der Waals surface area contributed by atoms with Crippen LogP contribution in [0.4, 0.5) is 0 Å². The van der Waals surface area contributed by atoms with Crippen molar-refractivity contribution in [3.63, 3.8) is 0 Å². The summed E-state index contributed by atoms with van der Waals surface area (Å²) < 4.78 is 23.8. The van der Waals surface area contributed by atoms with Crippen molar-refractivity contribution in [2.45, 2.75) is 32.2 Å². The highest BCUT2D eigenvalue weighted by Crippen LogP contribution is 2.18. The lowest BCUT2D eigenvalue weighted by molar-refractivity contribution is 0.270. The molecule has 1 aliphatic heterocycles. The molecule has 1 fully saturated rings. The predicted molar refractivity (Wildman–Crippen MR) is 44.9 cm³/mol. The molecular weight excluding hydrogens is 162 g/mol. The minimum atomic E-state index is -2.94. The van der Waals surface area contributed by atoms with Crippen LogP contribution in [0.3, 0.4) is 0 Å². The minimum absolute atomic E-state index is 0.207. The van der Waals surface area contributed by atoms with Gasteiger partial charge in [-0.1, -0.05) is 6.42 Å². The first-order valence-corrected chi connectivity index (χ1v) is 5.83. The van der Waals surface area contributed by atoms with Crippen LogP contribution < -0.4 is 0 Å². The molecule has 0 radical (unpaired) electrons. The van der Waals surface area contributed by atoms with Gasteiger partial charge in [0.1, 0.15) is 0 Å². The maximum absolute atomic E-state index is 11.1. The van der Waals surface area contributed by atoms with E-state index in [4.69, 9.17) is 0 Å². The summed E-state index contributed by atoms with van der Waals surface area (Å²) >= 11 is 0. The molecule has 0 bridgehead atoms. The fourth-order valence-electron chi connectivity index (χ4n) is 1.56. The van der Waals surface area contributed by atoms with E-state index in [1.165, 1.54) is 6.26 Å². The molecule has 1 aliphatic rings. The van der Waals surface area contributed by atoms with Gasteiger partial charge in [-0.05, 0) is 19.8 Å². The number of sulfonamides is 1. The lowest BCUT2D eigenvalue weighted by atomic mass is 10.1. The van der Waals surface area contributed by atoms with Crippen molar-refractivity contribution >= 4 is 10.0 Å². The van der Waals surface area contributed by atoms with Crippen LogP contribution in [-0.4, -0.2) is 31.6 Å². The zero-order valence-electron chi connectivity index (χ0n) is 7.08. The van der Waals surface area contributed by atoms with Gasteiger partial charge in [-0.3, -0.25) is 0 Å². The van der Waals surface area contributed by atoms with Crippen molar-refractivity contribution in [2.24, 2.45) is 0 Å². The van der Waals surface area contributed by atoms with E-state index in [9.17, 15) is 8.42 Å². The van der Waals surface area contributed by atoms with E-state index in [1.54, 1.807) is 4.31 Å². The monoisotopic (exact) mass is 177 g/mol. The molecule has 1 rings (SSSR count). The molecule has 11 heavy (non-hydrogen) atoms. The van der Waals surface area contributed by atoms with Gasteiger partial charge in [0.15, 0.2) is 0 Å². The van der Waals surface area contributed by atoms with E-state index in [0.717, 1.165) is 19.3 Å². The molecule has 0 N–H and O–H groups in total. The molecule has 0 unspecified atom stereocenters. The van der Waals surface area contributed by atoms with E-state index in [0.29, 0.717) is 6.54 Å². The molecule has 0 saturated carbocycles. The Hall–Kier alpha value is -0.0900. The summed E-state index contributed by atoms with van der Waals surface area (Å²) in [7, 11) is -2.94. The standard InChI is InChI=1S/C7H15NO2S/c1-7-5-3-4-6-8(7)11(2,9)10/h7H,3-6H2,1-2H3/t7-/m0/s1. The van der Waals surface area contributed by atoms with Crippen molar-refractivity contribution in [1.29, 1.82) is 0 Å². The molecule has 1 heterocycles. The summed E-state index contributed by atoms with van der Waals surface area (Å²) in [6.45, 7) is 2.68. The van der Waals surface area contributed by atoms with Crippen molar-refractivity contribution in [3.05, 3.63) is 0 Å². The van der Waals surface area contributed by atoms with Crippen LogP contribution in [-0.2, 0) is 10.0 Å². The largest absolute Gasteiger partial charge is 0.212 e. The second-order valence-electron chi connectivity index (χ2n) is 3.22. The first-order valence-electron chi connectivity index (χ1n) is 3.98. The third-order valence-corrected chi connectivity index (χ3v) is 3.56. The highest BCUT2D eigenvalue weighted by atomic mass is 32.2. The van der Waals surface area contributed by atoms with Crippen LogP contribution >= 0.6 is 0 Å². The van der Waals surface area contributed by atoms with Gasteiger partial charge < -0.3 is 0 Å². The highest BCUT2D eigenvalue weighted by molar-refractivity contribution is 7.88. The quantitative estimate of drug-likeness (QED) is 0.594. The maximum atomic E-state index is 11.1. The Morgan fingerprint density at radius 2 is 2.00 bits per heavy atom. The third-order valence-electron chi connectivity index (χ3n) is 2.17. The zero-order valence-corrected chi connectivity index (χ0v) is 7.89. The lowest BCUT2D eigenvalue weighted by Gasteiger charge is -2.30. The van der Waals surface area contributed by atoms with E-state index in [2.05, 4.69) is 0 Å². The Labute approximate surface area is 68.4 Å². The normalized spacial score (nSPS) is 28.7. The molecule has 1 atom stereocenters. The number of rotatable bonds is 1. The van der Waals surface area contributed by atoms with E-state index in [-0.39, 0.29) is 6.04 Å². The average molecular weight is 177 g/mol. The third kappa shape index (κ3) is 2.17. The van der Waals surface area contributed by atoms with Gasteiger partial charge >= 0.3 is 0 Å². The fourth-order valence-corrected chi connectivity index (χ4v) is 2.78. The SMILES string of the molecule is C[C@H]1CCCCN1S(C)(=O)=O. The molecule has 0 spiro atoms. The van der Waals surface area contributed by atoms with Crippen LogP contribution in [0.5, 0.6) is 0 Å². The van der Waals surface area contributed by atoms with Crippen LogP contribution in [0.1, 0.15) is 26.2 Å². The number of piperidine rings is 1. The average Bonchev–Trinajstić information content (AvgIpc) is 1.86. The van der Waals surface area contributed by atoms with Gasteiger partial charge in [-0.15, -0.1) is 0 Å². The number of nitrogens with zero attached hydrogens (tertiary/aromatic N) is 1. The summed E-state index contributed by atoms with van der Waals surface area (Å²) in [6, 6.07) is 0.207. The van der Waals surface area contributed by atoms with Crippen molar-refractivity contribution in [3.8, 4) is 0 Å². The van der Waals surface area contributed by atoms with Gasteiger partial charge in [-0.2, -0.15) is 4.31 Å². The Morgan fingerprint density at radius 1 is 1.36 bits per heavy atom. The molecule has 0 aromatic heterocycles. The second kappa shape index (κ2) is 3.11. The Bertz CT molecular complexity index is 223. The van der Waals surface area contributed by atoms with Crippen molar-refractivity contribution in [1.82, 2.24) is 4.31 Å². The highest BCUT2D eigenvalue weighted by Gasteiger charge is 2.25. The van der Waals surface area contributed by atoms with Gasteiger partial charge in [0.25, 0.3) is 0 Å². The molecule has 0 aliphatic carbocycles. The van der Waals surface area contributed by atoms with Gasteiger partial charge in [0.05, 0.1) is 6.26 Å².